The molecule has 0 bridgehead atoms. The number of halogens is 1. The molecule has 3 heteroatoms. The highest BCUT2D eigenvalue weighted by molar-refractivity contribution is 14.1. The lowest BCUT2D eigenvalue weighted by atomic mass is 9.87. The number of carbonyl (C=O) groups excluding carboxylic acids is 1. The van der Waals surface area contributed by atoms with E-state index in [9.17, 15) is 4.79 Å². The maximum Gasteiger partial charge on any atom is 0.315 e. The van der Waals surface area contributed by atoms with Crippen molar-refractivity contribution in [1.82, 2.24) is 0 Å². The van der Waals surface area contributed by atoms with E-state index in [0.717, 1.165) is 0 Å². The number of hydrogen-bond donors (Lipinski definition) is 0. The molecule has 0 atom stereocenters. The highest BCUT2D eigenvalue weighted by Gasteiger charge is 2.17. The van der Waals surface area contributed by atoms with Crippen LogP contribution in [0.5, 0.6) is 0 Å². The van der Waals surface area contributed by atoms with Crippen LogP contribution in [0.2, 0.25) is 0 Å². The quantitative estimate of drug-likeness (QED) is 0.720. The van der Waals surface area contributed by atoms with E-state index >= 15 is 0 Å². The summed E-state index contributed by atoms with van der Waals surface area (Å²) in [6, 6.07) is 0. The summed E-state index contributed by atoms with van der Waals surface area (Å²) in [7, 11) is 0. The van der Waals surface area contributed by atoms with E-state index in [1.54, 1.807) is 23.0 Å². The van der Waals surface area contributed by atoms with E-state index < -0.39 is 0 Å². The van der Waals surface area contributed by atoms with Crippen LogP contribution in [-0.2, 0) is 7.86 Å². The first kappa shape index (κ1) is 9.29. The van der Waals surface area contributed by atoms with Gasteiger partial charge in [0.05, 0.1) is 0 Å². The summed E-state index contributed by atoms with van der Waals surface area (Å²) in [5.41, 5.74) is 0. The summed E-state index contributed by atoms with van der Waals surface area (Å²) in [5, 5.41) is 0. The van der Waals surface area contributed by atoms with Crippen molar-refractivity contribution in [1.29, 1.82) is 0 Å². The first-order chi connectivity index (χ1) is 5.33. The van der Waals surface area contributed by atoms with E-state index in [2.05, 4.69) is 3.07 Å². The molecule has 0 amide bonds. The first-order valence-corrected chi connectivity index (χ1v) is 5.02. The second-order valence-electron chi connectivity index (χ2n) is 3.16. The Labute approximate surface area is 81.4 Å². The van der Waals surface area contributed by atoms with Crippen LogP contribution < -0.4 is 0 Å². The molecule has 1 rings (SSSR count). The molecule has 0 saturated heterocycles. The lowest BCUT2D eigenvalue weighted by molar-refractivity contribution is -0.132. The fourth-order valence-electron chi connectivity index (χ4n) is 1.66. The second-order valence-corrected chi connectivity index (χ2v) is 3.60. The summed E-state index contributed by atoms with van der Waals surface area (Å²) in [5.74, 6) is 0.545. The highest BCUT2D eigenvalue weighted by atomic mass is 127. The summed E-state index contributed by atoms with van der Waals surface area (Å²) in [4.78, 5) is 10.9. The van der Waals surface area contributed by atoms with E-state index in [1.807, 2.05) is 0 Å². The van der Waals surface area contributed by atoms with Gasteiger partial charge >= 0.3 is 5.97 Å². The van der Waals surface area contributed by atoms with E-state index in [0.29, 0.717) is 12.3 Å². The van der Waals surface area contributed by atoms with Crippen LogP contribution in [-0.4, -0.2) is 5.97 Å². The molecular formula is C8H13IO2. The predicted octanol–water partition coefficient (Wildman–Crippen LogP) is 2.85. The molecule has 1 saturated carbocycles. The van der Waals surface area contributed by atoms with E-state index in [-0.39, 0.29) is 5.97 Å². The van der Waals surface area contributed by atoms with Gasteiger partial charge in [-0.25, -0.2) is 0 Å². The topological polar surface area (TPSA) is 26.3 Å². The van der Waals surface area contributed by atoms with Crippen molar-refractivity contribution in [2.45, 2.75) is 38.5 Å². The molecule has 0 N–H and O–H groups in total. The summed E-state index contributed by atoms with van der Waals surface area (Å²) in [6.45, 7) is 0. The molecule has 1 aliphatic carbocycles. The van der Waals surface area contributed by atoms with Crippen molar-refractivity contribution in [2.75, 3.05) is 0 Å². The van der Waals surface area contributed by atoms with Gasteiger partial charge in [0.1, 0.15) is 0 Å². The third-order valence-electron chi connectivity index (χ3n) is 2.27. The summed E-state index contributed by atoms with van der Waals surface area (Å²) < 4.78 is 4.58. The van der Waals surface area contributed by atoms with Crippen molar-refractivity contribution >= 4 is 29.0 Å². The van der Waals surface area contributed by atoms with Crippen LogP contribution in [0.4, 0.5) is 0 Å². The monoisotopic (exact) mass is 268 g/mol. The van der Waals surface area contributed by atoms with Crippen molar-refractivity contribution in [3.05, 3.63) is 0 Å². The van der Waals surface area contributed by atoms with E-state index in [4.69, 9.17) is 0 Å². The molecule has 2 nitrogen and oxygen atoms in total. The van der Waals surface area contributed by atoms with Crippen LogP contribution in [0, 0.1) is 5.92 Å². The average molecular weight is 268 g/mol. The fourth-order valence-corrected chi connectivity index (χ4v) is 1.84. The molecule has 0 aromatic rings. The molecule has 1 aliphatic rings. The number of carbonyl (C=O) groups is 1. The molecule has 0 heterocycles. The Balaban J connectivity index is 2.19. The van der Waals surface area contributed by atoms with Gasteiger partial charge in [0, 0.05) is 6.42 Å². The minimum Gasteiger partial charge on any atom is -0.394 e. The van der Waals surface area contributed by atoms with Crippen molar-refractivity contribution < 1.29 is 7.86 Å². The highest BCUT2D eigenvalue weighted by Crippen LogP contribution is 2.26. The third-order valence-corrected chi connectivity index (χ3v) is 2.76. The van der Waals surface area contributed by atoms with Gasteiger partial charge in [-0.3, -0.25) is 4.79 Å². The Morgan fingerprint density at radius 2 is 2.00 bits per heavy atom. The molecule has 0 unspecified atom stereocenters. The normalized spacial score (nSPS) is 19.7. The molecule has 11 heavy (non-hydrogen) atoms. The van der Waals surface area contributed by atoms with Gasteiger partial charge in [-0.15, -0.1) is 0 Å². The number of rotatable bonds is 2. The maximum absolute atomic E-state index is 10.9. The average Bonchev–Trinajstić information content (AvgIpc) is 2.06. The summed E-state index contributed by atoms with van der Waals surface area (Å²) in [6.07, 6.45) is 6.98. The lowest BCUT2D eigenvalue weighted by Crippen LogP contribution is -2.11. The van der Waals surface area contributed by atoms with E-state index in [1.165, 1.54) is 32.1 Å². The van der Waals surface area contributed by atoms with Gasteiger partial charge in [0.15, 0.2) is 23.0 Å². The number of hydrogen-bond acceptors (Lipinski definition) is 2. The largest absolute Gasteiger partial charge is 0.394 e. The van der Waals surface area contributed by atoms with Crippen LogP contribution in [0.1, 0.15) is 38.5 Å². The summed E-state index contributed by atoms with van der Waals surface area (Å²) >= 11 is 1.66. The Morgan fingerprint density at radius 3 is 2.55 bits per heavy atom. The minimum absolute atomic E-state index is 0.0579. The third kappa shape index (κ3) is 3.40. The molecule has 0 radical (unpaired) electrons. The van der Waals surface area contributed by atoms with Crippen molar-refractivity contribution in [3.63, 3.8) is 0 Å². The molecule has 0 aromatic carbocycles. The van der Waals surface area contributed by atoms with Crippen LogP contribution in [0.25, 0.3) is 0 Å². The SMILES string of the molecule is O=C(CC1CCCCC1)OI. The van der Waals surface area contributed by atoms with Crippen LogP contribution in [0.3, 0.4) is 0 Å². The molecule has 0 aliphatic heterocycles. The standard InChI is InChI=1S/C8H13IO2/c9-11-8(10)6-7-4-2-1-3-5-7/h7H,1-6H2. The zero-order chi connectivity index (χ0) is 8.10. The van der Waals surface area contributed by atoms with Gasteiger partial charge < -0.3 is 3.07 Å². The second kappa shape index (κ2) is 4.95. The Kier molecular flexibility index (Phi) is 4.18. The first-order valence-electron chi connectivity index (χ1n) is 4.14. The van der Waals surface area contributed by atoms with Gasteiger partial charge in [0.2, 0.25) is 0 Å². The smallest absolute Gasteiger partial charge is 0.315 e. The van der Waals surface area contributed by atoms with Crippen LogP contribution in [0.15, 0.2) is 0 Å². The minimum atomic E-state index is -0.0579. The van der Waals surface area contributed by atoms with Gasteiger partial charge in [-0.1, -0.05) is 19.3 Å². The maximum atomic E-state index is 10.9. The predicted molar refractivity (Wildman–Crippen MR) is 51.3 cm³/mol. The molecule has 1 fully saturated rings. The van der Waals surface area contributed by atoms with Gasteiger partial charge in [0.25, 0.3) is 0 Å². The Morgan fingerprint density at radius 1 is 1.36 bits per heavy atom. The van der Waals surface area contributed by atoms with Crippen molar-refractivity contribution in [2.24, 2.45) is 5.92 Å². The lowest BCUT2D eigenvalue weighted by Gasteiger charge is -2.19. The molecule has 0 aromatic heterocycles. The zero-order valence-corrected chi connectivity index (χ0v) is 8.67. The molecular weight excluding hydrogens is 255 g/mol. The Bertz CT molecular complexity index is 130. The fraction of sp³-hybridized carbons (Fsp3) is 0.875. The molecule has 64 valence electrons. The molecule has 0 spiro atoms. The zero-order valence-electron chi connectivity index (χ0n) is 6.51. The van der Waals surface area contributed by atoms with Gasteiger partial charge in [-0.05, 0) is 18.8 Å². The Hall–Kier alpha value is 0.200. The van der Waals surface area contributed by atoms with Crippen molar-refractivity contribution in [3.8, 4) is 0 Å². The van der Waals surface area contributed by atoms with Gasteiger partial charge in [-0.2, -0.15) is 0 Å². The van der Waals surface area contributed by atoms with Crippen LogP contribution >= 0.6 is 23.0 Å².